The van der Waals surface area contributed by atoms with Crippen molar-refractivity contribution in [2.45, 2.75) is 11.1 Å². The van der Waals surface area contributed by atoms with Crippen LogP contribution < -0.4 is 10.1 Å². The van der Waals surface area contributed by atoms with E-state index >= 15 is 0 Å². The molecule has 3 rings (SSSR count). The zero-order valence-corrected chi connectivity index (χ0v) is 16.7. The molecular formula is C19H19F3N2O5S. The summed E-state index contributed by atoms with van der Waals surface area (Å²) in [5, 5.41) is 2.36. The smallest absolute Gasteiger partial charge is 0.416 e. The summed E-state index contributed by atoms with van der Waals surface area (Å²) in [6.07, 6.45) is -4.56. The molecule has 1 aliphatic rings. The maximum Gasteiger partial charge on any atom is 0.416 e. The average molecular weight is 444 g/mol. The van der Waals surface area contributed by atoms with Crippen molar-refractivity contribution in [1.29, 1.82) is 0 Å². The fraction of sp³-hybridized carbons (Fsp3) is 0.316. The molecule has 162 valence electrons. The molecule has 0 unspecified atom stereocenters. The maximum absolute atomic E-state index is 12.9. The van der Waals surface area contributed by atoms with Gasteiger partial charge in [-0.15, -0.1) is 0 Å². The fourth-order valence-electron chi connectivity index (χ4n) is 2.93. The molecule has 0 spiro atoms. The number of ether oxygens (including phenoxy) is 2. The molecule has 11 heteroatoms. The van der Waals surface area contributed by atoms with Crippen molar-refractivity contribution in [1.82, 2.24) is 4.31 Å². The number of hydrogen-bond acceptors (Lipinski definition) is 5. The average Bonchev–Trinajstić information content (AvgIpc) is 2.73. The van der Waals surface area contributed by atoms with Crippen LogP contribution in [0.3, 0.4) is 0 Å². The Morgan fingerprint density at radius 1 is 1.13 bits per heavy atom. The van der Waals surface area contributed by atoms with Crippen molar-refractivity contribution >= 4 is 21.6 Å². The highest BCUT2D eigenvalue weighted by molar-refractivity contribution is 7.89. The summed E-state index contributed by atoms with van der Waals surface area (Å²) in [7, 11) is -2.57. The second-order valence-electron chi connectivity index (χ2n) is 6.41. The first kappa shape index (κ1) is 22.1. The Morgan fingerprint density at radius 2 is 1.83 bits per heavy atom. The number of carbonyl (C=O) groups is 1. The Hall–Kier alpha value is -2.63. The van der Waals surface area contributed by atoms with Crippen molar-refractivity contribution in [2.75, 3.05) is 38.7 Å². The molecule has 0 atom stereocenters. The molecule has 0 aliphatic carbocycles. The summed E-state index contributed by atoms with van der Waals surface area (Å²) in [5.74, 6) is -0.717. The van der Waals surface area contributed by atoms with Gasteiger partial charge >= 0.3 is 6.18 Å². The van der Waals surface area contributed by atoms with Crippen molar-refractivity contribution in [3.8, 4) is 5.75 Å². The van der Waals surface area contributed by atoms with Crippen LogP contribution in [0.2, 0.25) is 0 Å². The van der Waals surface area contributed by atoms with E-state index in [1.165, 1.54) is 29.6 Å². The lowest BCUT2D eigenvalue weighted by atomic mass is 10.1. The minimum absolute atomic E-state index is 0.0837. The summed E-state index contributed by atoms with van der Waals surface area (Å²) < 4.78 is 75.9. The number of halogens is 3. The minimum atomic E-state index is -4.56. The van der Waals surface area contributed by atoms with Gasteiger partial charge in [0, 0.05) is 18.8 Å². The lowest BCUT2D eigenvalue weighted by Gasteiger charge is -2.26. The molecule has 1 heterocycles. The number of carbonyl (C=O) groups excluding carboxylic acids is 1. The van der Waals surface area contributed by atoms with Crippen LogP contribution in [0, 0.1) is 0 Å². The number of benzene rings is 2. The first-order valence-electron chi connectivity index (χ1n) is 8.87. The van der Waals surface area contributed by atoms with Crippen LogP contribution in [-0.4, -0.2) is 52.0 Å². The number of hydrogen-bond donors (Lipinski definition) is 1. The molecule has 2 aromatic rings. The van der Waals surface area contributed by atoms with E-state index in [0.29, 0.717) is 0 Å². The number of rotatable bonds is 5. The second-order valence-corrected chi connectivity index (χ2v) is 8.35. The van der Waals surface area contributed by atoms with Crippen molar-refractivity contribution in [3.05, 3.63) is 53.6 Å². The van der Waals surface area contributed by atoms with E-state index in [9.17, 15) is 26.4 Å². The Balaban J connectivity index is 1.91. The molecule has 1 saturated heterocycles. The maximum atomic E-state index is 12.9. The van der Waals surface area contributed by atoms with Crippen LogP contribution in [0.4, 0.5) is 18.9 Å². The van der Waals surface area contributed by atoms with E-state index in [1.54, 1.807) is 0 Å². The number of amides is 1. The highest BCUT2D eigenvalue weighted by atomic mass is 32.2. The van der Waals surface area contributed by atoms with Crippen LogP contribution >= 0.6 is 0 Å². The third-order valence-corrected chi connectivity index (χ3v) is 6.37. The van der Waals surface area contributed by atoms with Crippen LogP contribution in [0.1, 0.15) is 15.9 Å². The summed E-state index contributed by atoms with van der Waals surface area (Å²) in [4.78, 5) is 12.6. The topological polar surface area (TPSA) is 84.9 Å². The highest BCUT2D eigenvalue weighted by Gasteiger charge is 2.31. The van der Waals surface area contributed by atoms with E-state index < -0.39 is 27.7 Å². The van der Waals surface area contributed by atoms with Crippen LogP contribution in [0.25, 0.3) is 0 Å². The van der Waals surface area contributed by atoms with E-state index in [0.717, 1.165) is 24.3 Å². The molecule has 1 aliphatic heterocycles. The number of nitrogens with zero attached hydrogens (tertiary/aromatic N) is 1. The van der Waals surface area contributed by atoms with Gasteiger partial charge in [-0.3, -0.25) is 4.79 Å². The van der Waals surface area contributed by atoms with Gasteiger partial charge in [0.15, 0.2) is 0 Å². The number of nitrogens with one attached hydrogen (secondary N) is 1. The Labute approximate surface area is 171 Å². The number of morpholine rings is 1. The van der Waals surface area contributed by atoms with E-state index in [4.69, 9.17) is 9.47 Å². The summed E-state index contributed by atoms with van der Waals surface area (Å²) in [6, 6.07) is 7.92. The molecule has 2 aromatic carbocycles. The van der Waals surface area contributed by atoms with Crippen molar-refractivity contribution in [3.63, 3.8) is 0 Å². The van der Waals surface area contributed by atoms with Gasteiger partial charge in [-0.25, -0.2) is 8.42 Å². The number of sulfonamides is 1. The summed E-state index contributed by atoms with van der Waals surface area (Å²) in [5.41, 5.74) is -1.13. The van der Waals surface area contributed by atoms with Gasteiger partial charge in [-0.05, 0) is 36.4 Å². The predicted molar refractivity (Wildman–Crippen MR) is 102 cm³/mol. The predicted octanol–water partition coefficient (Wildman–Crippen LogP) is 2.99. The van der Waals surface area contributed by atoms with Crippen LogP contribution in [0.5, 0.6) is 5.75 Å². The van der Waals surface area contributed by atoms with Gasteiger partial charge in [0.2, 0.25) is 10.0 Å². The Bertz CT molecular complexity index is 1030. The number of alkyl halides is 3. The zero-order valence-electron chi connectivity index (χ0n) is 15.9. The molecule has 7 nitrogen and oxygen atoms in total. The summed E-state index contributed by atoms with van der Waals surface area (Å²) >= 11 is 0. The SMILES string of the molecule is COc1ccc(S(=O)(=O)N2CCOCC2)cc1C(=O)Nc1cccc(C(F)(F)F)c1. The van der Waals surface area contributed by atoms with Crippen LogP contribution in [0.15, 0.2) is 47.4 Å². The molecule has 1 fully saturated rings. The standard InChI is InChI=1S/C19H19F3N2O5S/c1-28-17-6-5-15(30(26,27)24-7-9-29-10-8-24)12-16(17)18(25)23-14-4-2-3-13(11-14)19(20,21)22/h2-6,11-12H,7-10H2,1H3,(H,23,25). The third kappa shape index (κ3) is 4.74. The van der Waals surface area contributed by atoms with Crippen molar-refractivity contribution in [2.24, 2.45) is 0 Å². The highest BCUT2D eigenvalue weighted by Crippen LogP contribution is 2.31. The largest absolute Gasteiger partial charge is 0.496 e. The van der Waals surface area contributed by atoms with Gasteiger partial charge in [0.1, 0.15) is 5.75 Å². The Morgan fingerprint density at radius 3 is 2.47 bits per heavy atom. The lowest BCUT2D eigenvalue weighted by molar-refractivity contribution is -0.137. The molecule has 1 amide bonds. The van der Waals surface area contributed by atoms with Crippen molar-refractivity contribution < 1.29 is 35.9 Å². The lowest BCUT2D eigenvalue weighted by Crippen LogP contribution is -2.40. The quantitative estimate of drug-likeness (QED) is 0.767. The number of anilines is 1. The van der Waals surface area contributed by atoms with E-state index in [2.05, 4.69) is 5.32 Å². The molecule has 0 radical (unpaired) electrons. The van der Waals surface area contributed by atoms with Gasteiger partial charge in [-0.1, -0.05) is 6.07 Å². The summed E-state index contributed by atoms with van der Waals surface area (Å²) in [6.45, 7) is 0.886. The van der Waals surface area contributed by atoms with Gasteiger partial charge in [-0.2, -0.15) is 17.5 Å². The van der Waals surface area contributed by atoms with Gasteiger partial charge in [0.05, 0.1) is 36.3 Å². The normalized spacial score (nSPS) is 15.6. The van der Waals surface area contributed by atoms with Gasteiger partial charge < -0.3 is 14.8 Å². The number of methoxy groups -OCH3 is 1. The molecular weight excluding hydrogens is 425 g/mol. The first-order chi connectivity index (χ1) is 14.1. The molecule has 30 heavy (non-hydrogen) atoms. The molecule has 0 saturated carbocycles. The monoisotopic (exact) mass is 444 g/mol. The fourth-order valence-corrected chi connectivity index (χ4v) is 4.37. The van der Waals surface area contributed by atoms with E-state index in [1.807, 2.05) is 0 Å². The molecule has 1 N–H and O–H groups in total. The first-order valence-corrected chi connectivity index (χ1v) is 10.3. The zero-order chi connectivity index (χ0) is 21.9. The van der Waals surface area contributed by atoms with E-state index in [-0.39, 0.29) is 48.2 Å². The minimum Gasteiger partial charge on any atom is -0.496 e. The Kier molecular flexibility index (Phi) is 6.34. The molecule has 0 bridgehead atoms. The molecule has 0 aromatic heterocycles. The second kappa shape index (κ2) is 8.62. The van der Waals surface area contributed by atoms with Crippen LogP contribution in [-0.2, 0) is 20.9 Å². The third-order valence-electron chi connectivity index (χ3n) is 4.47. The van der Waals surface area contributed by atoms with Gasteiger partial charge in [0.25, 0.3) is 5.91 Å².